The van der Waals surface area contributed by atoms with Crippen molar-refractivity contribution in [1.29, 1.82) is 0 Å². The van der Waals surface area contributed by atoms with E-state index in [1.807, 2.05) is 20.8 Å². The Hall–Kier alpha value is -1.26. The predicted octanol–water partition coefficient (Wildman–Crippen LogP) is 1.07. The Kier molecular flexibility index (Phi) is 4.99. The van der Waals surface area contributed by atoms with Crippen LogP contribution in [-0.4, -0.2) is 24.2 Å². The van der Waals surface area contributed by atoms with Crippen molar-refractivity contribution >= 4 is 12.1 Å². The van der Waals surface area contributed by atoms with Crippen LogP contribution in [0.3, 0.4) is 0 Å². The lowest BCUT2D eigenvalue weighted by Gasteiger charge is -2.29. The Balaban J connectivity index is 2.22. The van der Waals surface area contributed by atoms with Crippen LogP contribution < -0.4 is 10.4 Å². The number of alkyl carbamates (subject to hydrolysis) is 1. The molecule has 0 aliphatic heterocycles. The van der Waals surface area contributed by atoms with Gasteiger partial charge in [-0.15, -0.1) is 0 Å². The van der Waals surface area contributed by atoms with Crippen LogP contribution in [-0.2, 0) is 9.53 Å². The standard InChI is InChI=1S/C13H23NO4/c1-13(2,3)18-12(17)14-8-9-4-6-10(7-5-9)11(15)16/h9-10H,4-8H2,1-3H3,(H,14,17)(H,15,16)/p-1. The fourth-order valence-electron chi connectivity index (χ4n) is 2.14. The van der Waals surface area contributed by atoms with Gasteiger partial charge < -0.3 is 20.0 Å². The lowest BCUT2D eigenvalue weighted by Crippen LogP contribution is -2.38. The third-order valence-corrected chi connectivity index (χ3v) is 3.11. The first-order valence-electron chi connectivity index (χ1n) is 6.45. The summed E-state index contributed by atoms with van der Waals surface area (Å²) in [6, 6.07) is 0. The molecule has 1 aliphatic carbocycles. The molecule has 0 heterocycles. The Bertz CT molecular complexity index is 301. The van der Waals surface area contributed by atoms with Crippen LogP contribution in [0.1, 0.15) is 46.5 Å². The van der Waals surface area contributed by atoms with Crippen LogP contribution in [0.25, 0.3) is 0 Å². The van der Waals surface area contributed by atoms with Gasteiger partial charge in [-0.1, -0.05) is 0 Å². The monoisotopic (exact) mass is 256 g/mol. The molecule has 0 spiro atoms. The smallest absolute Gasteiger partial charge is 0.407 e. The second-order valence-corrected chi connectivity index (χ2v) is 5.92. The number of ether oxygens (including phenoxy) is 1. The molecule has 18 heavy (non-hydrogen) atoms. The highest BCUT2D eigenvalue weighted by Crippen LogP contribution is 2.27. The first kappa shape index (κ1) is 14.8. The average molecular weight is 256 g/mol. The van der Waals surface area contributed by atoms with E-state index in [0.29, 0.717) is 25.3 Å². The zero-order valence-electron chi connectivity index (χ0n) is 11.3. The number of aliphatic carboxylic acids is 1. The topological polar surface area (TPSA) is 78.5 Å². The third kappa shape index (κ3) is 5.38. The summed E-state index contributed by atoms with van der Waals surface area (Å²) in [6.07, 6.45) is 2.50. The number of rotatable bonds is 3. The third-order valence-electron chi connectivity index (χ3n) is 3.11. The van der Waals surface area contributed by atoms with Gasteiger partial charge in [0.25, 0.3) is 0 Å². The van der Waals surface area contributed by atoms with Crippen molar-refractivity contribution in [3.8, 4) is 0 Å². The Morgan fingerprint density at radius 1 is 1.22 bits per heavy atom. The summed E-state index contributed by atoms with van der Waals surface area (Å²) < 4.78 is 5.13. The average Bonchev–Trinajstić information content (AvgIpc) is 2.24. The zero-order valence-corrected chi connectivity index (χ0v) is 11.3. The van der Waals surface area contributed by atoms with Gasteiger partial charge in [-0.3, -0.25) is 0 Å². The minimum atomic E-state index is -0.950. The molecule has 0 unspecified atom stereocenters. The molecular weight excluding hydrogens is 234 g/mol. The molecule has 0 bridgehead atoms. The van der Waals surface area contributed by atoms with Crippen molar-refractivity contribution in [2.75, 3.05) is 6.54 Å². The van der Waals surface area contributed by atoms with Crippen molar-refractivity contribution in [2.24, 2.45) is 11.8 Å². The van der Waals surface area contributed by atoms with E-state index >= 15 is 0 Å². The van der Waals surface area contributed by atoms with Crippen LogP contribution in [0.4, 0.5) is 4.79 Å². The number of amides is 1. The number of hydrogen-bond acceptors (Lipinski definition) is 4. The van der Waals surface area contributed by atoms with E-state index in [1.165, 1.54) is 0 Å². The molecule has 0 saturated heterocycles. The molecule has 0 aromatic carbocycles. The number of carbonyl (C=O) groups is 2. The summed E-state index contributed by atoms with van der Waals surface area (Å²) >= 11 is 0. The number of hydrogen-bond donors (Lipinski definition) is 1. The van der Waals surface area contributed by atoms with E-state index < -0.39 is 17.7 Å². The maximum atomic E-state index is 11.4. The van der Waals surface area contributed by atoms with Crippen LogP contribution >= 0.6 is 0 Å². The second-order valence-electron chi connectivity index (χ2n) is 5.92. The van der Waals surface area contributed by atoms with E-state index in [1.54, 1.807) is 0 Å². The lowest BCUT2D eigenvalue weighted by atomic mass is 9.82. The van der Waals surface area contributed by atoms with Gasteiger partial charge in [-0.25, -0.2) is 4.79 Å². The molecule has 5 heteroatoms. The van der Waals surface area contributed by atoms with Crippen LogP contribution in [0.5, 0.6) is 0 Å². The number of carboxylic acids is 1. The Labute approximate surface area is 108 Å². The SMILES string of the molecule is CC(C)(C)OC(=O)NCC1CCC(C(=O)[O-])CC1. The van der Waals surface area contributed by atoms with Gasteiger partial charge in [0.1, 0.15) is 5.60 Å². The molecule has 1 amide bonds. The van der Waals surface area contributed by atoms with Crippen molar-refractivity contribution in [3.05, 3.63) is 0 Å². The molecule has 0 atom stereocenters. The van der Waals surface area contributed by atoms with Crippen molar-refractivity contribution in [1.82, 2.24) is 5.32 Å². The highest BCUT2D eigenvalue weighted by molar-refractivity contribution is 5.68. The fraction of sp³-hybridized carbons (Fsp3) is 0.846. The van der Waals surface area contributed by atoms with Gasteiger partial charge in [0, 0.05) is 12.5 Å². The molecule has 1 N–H and O–H groups in total. The molecule has 1 rings (SSSR count). The van der Waals surface area contributed by atoms with E-state index in [4.69, 9.17) is 4.74 Å². The van der Waals surface area contributed by atoms with E-state index in [9.17, 15) is 14.7 Å². The first-order valence-corrected chi connectivity index (χ1v) is 6.45. The summed E-state index contributed by atoms with van der Waals surface area (Å²) in [6.45, 7) is 6.00. The van der Waals surface area contributed by atoms with E-state index in [-0.39, 0.29) is 5.92 Å². The molecule has 1 aliphatic rings. The highest BCUT2D eigenvalue weighted by atomic mass is 16.6. The van der Waals surface area contributed by atoms with Crippen LogP contribution in [0, 0.1) is 11.8 Å². The van der Waals surface area contributed by atoms with Crippen molar-refractivity contribution in [2.45, 2.75) is 52.1 Å². The first-order chi connectivity index (χ1) is 8.28. The van der Waals surface area contributed by atoms with Gasteiger partial charge in [0.15, 0.2) is 0 Å². The van der Waals surface area contributed by atoms with Gasteiger partial charge in [0.05, 0.1) is 0 Å². The summed E-state index contributed by atoms with van der Waals surface area (Å²) in [7, 11) is 0. The Morgan fingerprint density at radius 3 is 2.22 bits per heavy atom. The van der Waals surface area contributed by atoms with Crippen molar-refractivity contribution < 1.29 is 19.4 Å². The summed E-state index contributed by atoms with van der Waals surface area (Å²) in [4.78, 5) is 22.1. The predicted molar refractivity (Wildman–Crippen MR) is 64.7 cm³/mol. The maximum absolute atomic E-state index is 11.4. The van der Waals surface area contributed by atoms with Crippen molar-refractivity contribution in [3.63, 3.8) is 0 Å². The number of carbonyl (C=O) groups excluding carboxylic acids is 2. The van der Waals surface area contributed by atoms with Gasteiger partial charge in [0.2, 0.25) is 0 Å². The molecular formula is C13H22NO4-. The molecule has 0 aromatic heterocycles. The van der Waals surface area contributed by atoms with E-state index in [0.717, 1.165) is 12.8 Å². The second kappa shape index (κ2) is 6.07. The maximum Gasteiger partial charge on any atom is 0.407 e. The van der Waals surface area contributed by atoms with E-state index in [2.05, 4.69) is 5.32 Å². The summed E-state index contributed by atoms with van der Waals surface area (Å²) in [5, 5.41) is 13.4. The van der Waals surface area contributed by atoms with Crippen LogP contribution in [0.2, 0.25) is 0 Å². The fourth-order valence-corrected chi connectivity index (χ4v) is 2.14. The highest BCUT2D eigenvalue weighted by Gasteiger charge is 2.23. The molecule has 0 radical (unpaired) electrons. The molecule has 1 saturated carbocycles. The number of nitrogens with one attached hydrogen (secondary N) is 1. The van der Waals surface area contributed by atoms with Gasteiger partial charge >= 0.3 is 6.09 Å². The lowest BCUT2D eigenvalue weighted by molar-refractivity contribution is -0.312. The zero-order chi connectivity index (χ0) is 13.8. The van der Waals surface area contributed by atoms with Gasteiger partial charge in [-0.2, -0.15) is 0 Å². The summed E-state index contributed by atoms with van der Waals surface area (Å²) in [5.74, 6) is -0.926. The largest absolute Gasteiger partial charge is 0.550 e. The molecule has 0 aromatic rings. The Morgan fingerprint density at radius 2 is 1.78 bits per heavy atom. The number of carboxylic acid groups (broad SMARTS) is 1. The van der Waals surface area contributed by atoms with Gasteiger partial charge in [-0.05, 0) is 58.3 Å². The van der Waals surface area contributed by atoms with Crippen LogP contribution in [0.15, 0.2) is 0 Å². The molecule has 5 nitrogen and oxygen atoms in total. The molecule has 1 fully saturated rings. The minimum Gasteiger partial charge on any atom is -0.550 e. The minimum absolute atomic E-state index is 0.317. The summed E-state index contributed by atoms with van der Waals surface area (Å²) in [5.41, 5.74) is -0.489. The molecule has 104 valence electrons. The normalized spacial score (nSPS) is 24.4. The quantitative estimate of drug-likeness (QED) is 0.819.